The molecule has 3 heterocycles. The fourth-order valence-corrected chi connectivity index (χ4v) is 5.09. The summed E-state index contributed by atoms with van der Waals surface area (Å²) in [7, 11) is 0. The van der Waals surface area contributed by atoms with Crippen molar-refractivity contribution in [3.8, 4) is 0 Å². The van der Waals surface area contributed by atoms with Gasteiger partial charge in [-0.25, -0.2) is 9.97 Å². The van der Waals surface area contributed by atoms with Crippen LogP contribution in [0.2, 0.25) is 0 Å². The summed E-state index contributed by atoms with van der Waals surface area (Å²) in [6.07, 6.45) is 11.0. The van der Waals surface area contributed by atoms with Gasteiger partial charge >= 0.3 is 0 Å². The third kappa shape index (κ3) is 8.03. The lowest BCUT2D eigenvalue weighted by molar-refractivity contribution is 0.0745. The number of piperidine rings is 1. The molecule has 1 fully saturated rings. The van der Waals surface area contributed by atoms with Crippen LogP contribution < -0.4 is 5.32 Å². The minimum absolute atomic E-state index is 0. The van der Waals surface area contributed by atoms with Crippen molar-refractivity contribution in [2.45, 2.75) is 85.7 Å². The van der Waals surface area contributed by atoms with E-state index in [9.17, 15) is 4.79 Å². The van der Waals surface area contributed by atoms with Crippen molar-refractivity contribution in [1.29, 1.82) is 0 Å². The molecule has 1 saturated heterocycles. The summed E-state index contributed by atoms with van der Waals surface area (Å²) in [6, 6.07) is 12.4. The Labute approximate surface area is 229 Å². The number of nitrogens with zero attached hydrogens (tertiary/aromatic N) is 5. The van der Waals surface area contributed by atoms with Crippen molar-refractivity contribution in [1.82, 2.24) is 24.3 Å². The number of likely N-dealkylation sites (tertiary alicyclic amines) is 1. The van der Waals surface area contributed by atoms with Gasteiger partial charge in [-0.05, 0) is 63.4 Å². The van der Waals surface area contributed by atoms with Crippen molar-refractivity contribution in [3.63, 3.8) is 0 Å². The van der Waals surface area contributed by atoms with Gasteiger partial charge in [-0.2, -0.15) is 0 Å². The van der Waals surface area contributed by atoms with Crippen LogP contribution in [0.15, 0.2) is 42.6 Å². The fraction of sp³-hybridized carbons (Fsp3) is 0.581. The number of amides is 1. The Morgan fingerprint density at radius 1 is 0.974 bits per heavy atom. The summed E-state index contributed by atoms with van der Waals surface area (Å²) in [5.41, 5.74) is 3.55. The first-order valence-electron chi connectivity index (χ1n) is 14.3. The van der Waals surface area contributed by atoms with Gasteiger partial charge in [0.2, 0.25) is 5.95 Å². The number of carbonyl (C=O) groups excluding carboxylic acids is 1. The van der Waals surface area contributed by atoms with Gasteiger partial charge in [0.05, 0.1) is 11.7 Å². The lowest BCUT2D eigenvalue weighted by Crippen LogP contribution is -2.33. The first-order chi connectivity index (χ1) is 18.2. The van der Waals surface area contributed by atoms with Crippen molar-refractivity contribution in [2.24, 2.45) is 0 Å². The molecule has 1 amide bonds. The Kier molecular flexibility index (Phi) is 12.1. The van der Waals surface area contributed by atoms with Crippen molar-refractivity contribution in [2.75, 3.05) is 38.0 Å². The lowest BCUT2D eigenvalue weighted by atomic mass is 10.1. The Bertz CT molecular complexity index is 1100. The molecule has 4 rings (SSSR count). The molecular weight excluding hydrogens is 472 g/mol. The van der Waals surface area contributed by atoms with E-state index < -0.39 is 0 Å². The van der Waals surface area contributed by atoms with Gasteiger partial charge in [0.15, 0.2) is 0 Å². The molecule has 1 aliphatic rings. The monoisotopic (exact) mass is 520 g/mol. The van der Waals surface area contributed by atoms with Crippen LogP contribution in [0.5, 0.6) is 0 Å². The zero-order valence-corrected chi connectivity index (χ0v) is 22.8. The molecule has 7 nitrogen and oxygen atoms in total. The number of anilines is 1. The maximum atomic E-state index is 13.5. The normalized spacial score (nSPS) is 13.8. The van der Waals surface area contributed by atoms with Crippen LogP contribution in [-0.2, 0) is 13.1 Å². The standard InChI is InChI=1S/C30H44N6O.CH4/c1-3-5-19-35(20-6-4-2)29(37)26-22-28-27(24-31-26)33-30(32-23-25-14-9-7-10-15-25)36(28)21-13-18-34-16-11-8-12-17-34;/h7,9-10,14-15,22,24H,3-6,8,11-13,16-21,23H2,1-2H3,(H,32,33);1H4. The molecule has 1 aliphatic heterocycles. The van der Waals surface area contributed by atoms with Gasteiger partial charge in [-0.3, -0.25) is 4.79 Å². The average Bonchev–Trinajstić information content (AvgIpc) is 3.29. The molecule has 208 valence electrons. The minimum Gasteiger partial charge on any atom is -0.352 e. The SMILES string of the molecule is C.CCCCN(CCCC)C(=O)c1cc2c(cn1)nc(NCc1ccccc1)n2CCCN1CCCCC1. The van der Waals surface area contributed by atoms with Gasteiger partial charge in [0.1, 0.15) is 11.2 Å². The first kappa shape index (κ1) is 29.6. The van der Waals surface area contributed by atoms with Crippen LogP contribution in [0.1, 0.15) is 88.7 Å². The summed E-state index contributed by atoms with van der Waals surface area (Å²) >= 11 is 0. The minimum atomic E-state index is 0. The molecule has 0 atom stereocenters. The van der Waals surface area contributed by atoms with E-state index in [0.29, 0.717) is 12.2 Å². The number of pyridine rings is 1. The van der Waals surface area contributed by atoms with Gasteiger partial charge in [-0.1, -0.05) is 70.9 Å². The molecule has 0 bridgehead atoms. The van der Waals surface area contributed by atoms with Gasteiger partial charge in [0, 0.05) is 26.2 Å². The number of hydrogen-bond donors (Lipinski definition) is 1. The number of fused-ring (bicyclic) bond motifs is 1. The summed E-state index contributed by atoms with van der Waals surface area (Å²) in [6.45, 7) is 11.0. The Hall–Kier alpha value is -2.93. The van der Waals surface area contributed by atoms with Crippen LogP contribution in [0.25, 0.3) is 11.0 Å². The highest BCUT2D eigenvalue weighted by atomic mass is 16.2. The van der Waals surface area contributed by atoms with E-state index in [1.165, 1.54) is 37.9 Å². The Morgan fingerprint density at radius 2 is 1.68 bits per heavy atom. The van der Waals surface area contributed by atoms with E-state index in [0.717, 1.165) is 75.3 Å². The second-order valence-electron chi connectivity index (χ2n) is 10.2. The van der Waals surface area contributed by atoms with Crippen molar-refractivity contribution < 1.29 is 4.79 Å². The molecule has 38 heavy (non-hydrogen) atoms. The summed E-state index contributed by atoms with van der Waals surface area (Å²) in [5, 5.41) is 3.55. The second-order valence-corrected chi connectivity index (χ2v) is 10.2. The van der Waals surface area contributed by atoms with Gasteiger partial charge in [-0.15, -0.1) is 0 Å². The predicted molar refractivity (Wildman–Crippen MR) is 159 cm³/mol. The fourth-order valence-electron chi connectivity index (χ4n) is 5.09. The number of unbranched alkanes of at least 4 members (excludes halogenated alkanes) is 2. The molecule has 2 aromatic heterocycles. The van der Waals surface area contributed by atoms with Crippen LogP contribution in [-0.4, -0.2) is 63.0 Å². The van der Waals surface area contributed by atoms with Crippen LogP contribution in [0, 0.1) is 0 Å². The highest BCUT2D eigenvalue weighted by molar-refractivity contribution is 5.95. The number of nitrogens with one attached hydrogen (secondary N) is 1. The smallest absolute Gasteiger partial charge is 0.272 e. The van der Waals surface area contributed by atoms with Crippen molar-refractivity contribution >= 4 is 22.9 Å². The zero-order valence-electron chi connectivity index (χ0n) is 22.8. The Morgan fingerprint density at radius 3 is 2.37 bits per heavy atom. The maximum absolute atomic E-state index is 13.5. The molecule has 7 heteroatoms. The topological polar surface area (TPSA) is 66.3 Å². The highest BCUT2D eigenvalue weighted by Crippen LogP contribution is 2.22. The molecule has 3 aromatic rings. The average molecular weight is 521 g/mol. The van der Waals surface area contributed by atoms with Crippen LogP contribution >= 0.6 is 0 Å². The number of imidazole rings is 1. The summed E-state index contributed by atoms with van der Waals surface area (Å²) < 4.78 is 2.25. The second kappa shape index (κ2) is 15.5. The molecule has 0 spiro atoms. The van der Waals surface area contributed by atoms with E-state index in [-0.39, 0.29) is 13.3 Å². The third-order valence-electron chi connectivity index (χ3n) is 7.30. The highest BCUT2D eigenvalue weighted by Gasteiger charge is 2.20. The van der Waals surface area contributed by atoms with E-state index in [1.807, 2.05) is 17.0 Å². The third-order valence-corrected chi connectivity index (χ3v) is 7.30. The first-order valence-corrected chi connectivity index (χ1v) is 14.3. The van der Waals surface area contributed by atoms with Crippen molar-refractivity contribution in [3.05, 3.63) is 53.9 Å². The molecule has 1 N–H and O–H groups in total. The predicted octanol–water partition coefficient (Wildman–Crippen LogP) is 6.60. The van der Waals surface area contributed by atoms with E-state index in [1.54, 1.807) is 6.20 Å². The quantitative estimate of drug-likeness (QED) is 0.259. The number of carbonyl (C=O) groups is 1. The lowest BCUT2D eigenvalue weighted by Gasteiger charge is -2.26. The molecule has 0 unspecified atom stereocenters. The number of aromatic nitrogens is 3. The molecule has 0 aliphatic carbocycles. The maximum Gasteiger partial charge on any atom is 0.272 e. The summed E-state index contributed by atoms with van der Waals surface area (Å²) in [4.78, 5) is 27.5. The number of aryl methyl sites for hydroxylation is 1. The van der Waals surface area contributed by atoms with E-state index >= 15 is 0 Å². The van der Waals surface area contributed by atoms with Crippen LogP contribution in [0.4, 0.5) is 5.95 Å². The van der Waals surface area contributed by atoms with Gasteiger partial charge in [0.25, 0.3) is 5.91 Å². The molecular formula is C31H48N6O. The van der Waals surface area contributed by atoms with Crippen LogP contribution in [0.3, 0.4) is 0 Å². The number of rotatable bonds is 14. The molecule has 0 saturated carbocycles. The zero-order chi connectivity index (χ0) is 25.9. The number of benzene rings is 1. The molecule has 0 radical (unpaired) electrons. The molecule has 1 aromatic carbocycles. The van der Waals surface area contributed by atoms with Gasteiger partial charge < -0.3 is 19.7 Å². The van der Waals surface area contributed by atoms with E-state index in [4.69, 9.17) is 4.98 Å². The number of hydrogen-bond acceptors (Lipinski definition) is 5. The summed E-state index contributed by atoms with van der Waals surface area (Å²) in [5.74, 6) is 0.876. The Balaban J connectivity index is 0.00000400. The van der Waals surface area contributed by atoms with E-state index in [2.05, 4.69) is 57.9 Å². The largest absolute Gasteiger partial charge is 0.352 e.